The molecule has 0 amide bonds. The molecule has 1 rings (SSSR count). The molecule has 0 spiro atoms. The number of aromatic hydroxyl groups is 1. The second-order valence-electron chi connectivity index (χ2n) is 2.87. The quantitative estimate of drug-likeness (QED) is 0.476. The maximum Gasteiger partial charge on any atom is 0.141 e. The van der Waals surface area contributed by atoms with E-state index in [2.05, 4.69) is 4.74 Å². The van der Waals surface area contributed by atoms with Crippen LogP contribution < -0.4 is 5.73 Å². The van der Waals surface area contributed by atoms with E-state index in [0.717, 1.165) is 11.1 Å². The van der Waals surface area contributed by atoms with Gasteiger partial charge in [0.25, 0.3) is 0 Å². The third-order valence-electron chi connectivity index (χ3n) is 1.64. The Morgan fingerprint density at radius 3 is 1.92 bits per heavy atom. The lowest BCUT2D eigenvalue weighted by molar-refractivity contribution is 0.277. The second kappa shape index (κ2) is 5.43. The molecular formula is C10H17NO2. The first-order chi connectivity index (χ1) is 6.04. The van der Waals surface area contributed by atoms with E-state index in [0.29, 0.717) is 5.69 Å². The van der Waals surface area contributed by atoms with Crippen molar-refractivity contribution in [1.82, 2.24) is 0 Å². The Labute approximate surface area is 79.1 Å². The Balaban J connectivity index is 0.000000424. The number of phenols is 1. The molecular weight excluding hydrogens is 166 g/mol. The lowest BCUT2D eigenvalue weighted by Gasteiger charge is -2.04. The Morgan fingerprint density at radius 2 is 1.54 bits per heavy atom. The van der Waals surface area contributed by atoms with Crippen LogP contribution in [0.1, 0.15) is 11.1 Å². The van der Waals surface area contributed by atoms with Gasteiger partial charge in [0.2, 0.25) is 0 Å². The fourth-order valence-electron chi connectivity index (χ4n) is 0.818. The van der Waals surface area contributed by atoms with Gasteiger partial charge in [-0.05, 0) is 25.0 Å². The molecule has 0 saturated carbocycles. The molecule has 0 fully saturated rings. The molecule has 74 valence electrons. The summed E-state index contributed by atoms with van der Waals surface area (Å²) in [5.74, 6) is 0.208. The van der Waals surface area contributed by atoms with Gasteiger partial charge in [0.1, 0.15) is 5.75 Å². The SMILES string of the molecule is COC.Cc1ccc(C)c(O)c1N. The van der Waals surface area contributed by atoms with Crippen LogP contribution in [0.5, 0.6) is 5.75 Å². The minimum absolute atomic E-state index is 0.208. The number of hydrogen-bond acceptors (Lipinski definition) is 3. The van der Waals surface area contributed by atoms with Crippen molar-refractivity contribution in [1.29, 1.82) is 0 Å². The molecule has 0 aromatic heterocycles. The summed E-state index contributed by atoms with van der Waals surface area (Å²) >= 11 is 0. The number of methoxy groups -OCH3 is 1. The van der Waals surface area contributed by atoms with Crippen LogP contribution in [0.2, 0.25) is 0 Å². The summed E-state index contributed by atoms with van der Waals surface area (Å²) in [4.78, 5) is 0. The lowest BCUT2D eigenvalue weighted by atomic mass is 10.1. The average Bonchev–Trinajstić information content (AvgIpc) is 2.10. The van der Waals surface area contributed by atoms with Crippen molar-refractivity contribution in [3.8, 4) is 5.75 Å². The molecule has 1 aromatic carbocycles. The van der Waals surface area contributed by atoms with Crippen LogP contribution in [-0.2, 0) is 4.74 Å². The number of ether oxygens (including phenoxy) is 1. The van der Waals surface area contributed by atoms with E-state index in [1.54, 1.807) is 14.2 Å². The van der Waals surface area contributed by atoms with Crippen LogP contribution in [0.25, 0.3) is 0 Å². The van der Waals surface area contributed by atoms with Crippen molar-refractivity contribution in [2.45, 2.75) is 13.8 Å². The summed E-state index contributed by atoms with van der Waals surface area (Å²) in [6.07, 6.45) is 0. The lowest BCUT2D eigenvalue weighted by Crippen LogP contribution is -1.90. The van der Waals surface area contributed by atoms with Crippen molar-refractivity contribution in [3.63, 3.8) is 0 Å². The highest BCUT2D eigenvalue weighted by Gasteiger charge is 2.01. The van der Waals surface area contributed by atoms with Crippen LogP contribution in [0.3, 0.4) is 0 Å². The van der Waals surface area contributed by atoms with Crippen molar-refractivity contribution >= 4 is 5.69 Å². The standard InChI is InChI=1S/C8H11NO.C2H6O/c1-5-3-4-6(2)8(10)7(5)9;1-3-2/h3-4,10H,9H2,1-2H3;1-2H3. The molecule has 0 aliphatic rings. The normalized spacial score (nSPS) is 8.92. The summed E-state index contributed by atoms with van der Waals surface area (Å²) in [7, 11) is 3.25. The second-order valence-corrected chi connectivity index (χ2v) is 2.87. The average molecular weight is 183 g/mol. The van der Waals surface area contributed by atoms with E-state index in [9.17, 15) is 5.11 Å². The molecule has 0 heterocycles. The van der Waals surface area contributed by atoms with Crippen LogP contribution in [0.15, 0.2) is 12.1 Å². The summed E-state index contributed by atoms with van der Waals surface area (Å²) in [6, 6.07) is 3.74. The van der Waals surface area contributed by atoms with Crippen LogP contribution >= 0.6 is 0 Å². The van der Waals surface area contributed by atoms with Crippen LogP contribution in [0, 0.1) is 13.8 Å². The Bertz CT molecular complexity index is 245. The number of phenolic OH excluding ortho intramolecular Hbond substituents is 1. The van der Waals surface area contributed by atoms with Crippen molar-refractivity contribution in [2.75, 3.05) is 20.0 Å². The van der Waals surface area contributed by atoms with Gasteiger partial charge < -0.3 is 15.6 Å². The summed E-state index contributed by atoms with van der Waals surface area (Å²) in [5.41, 5.74) is 7.76. The van der Waals surface area contributed by atoms with Crippen molar-refractivity contribution in [3.05, 3.63) is 23.3 Å². The molecule has 3 nitrogen and oxygen atoms in total. The smallest absolute Gasteiger partial charge is 0.141 e. The van der Waals surface area contributed by atoms with E-state index in [1.807, 2.05) is 26.0 Å². The fourth-order valence-corrected chi connectivity index (χ4v) is 0.818. The first kappa shape index (κ1) is 11.8. The number of nitrogens with two attached hydrogens (primary N) is 1. The van der Waals surface area contributed by atoms with Gasteiger partial charge in [0, 0.05) is 14.2 Å². The van der Waals surface area contributed by atoms with E-state index in [1.165, 1.54) is 0 Å². The molecule has 0 unspecified atom stereocenters. The first-order valence-electron chi connectivity index (χ1n) is 3.99. The number of aryl methyl sites for hydroxylation is 2. The zero-order valence-corrected chi connectivity index (χ0v) is 8.59. The molecule has 0 saturated heterocycles. The first-order valence-corrected chi connectivity index (χ1v) is 3.99. The molecule has 0 atom stereocenters. The number of hydrogen-bond donors (Lipinski definition) is 2. The molecule has 0 aliphatic heterocycles. The molecule has 0 bridgehead atoms. The minimum Gasteiger partial charge on any atom is -0.506 e. The third kappa shape index (κ3) is 3.34. The van der Waals surface area contributed by atoms with Gasteiger partial charge in [-0.2, -0.15) is 0 Å². The Kier molecular flexibility index (Phi) is 4.92. The summed E-state index contributed by atoms with van der Waals surface area (Å²) in [6.45, 7) is 3.69. The zero-order chi connectivity index (χ0) is 10.4. The summed E-state index contributed by atoms with van der Waals surface area (Å²) < 4.78 is 4.25. The monoisotopic (exact) mass is 183 g/mol. The van der Waals surface area contributed by atoms with Crippen LogP contribution in [0.4, 0.5) is 5.69 Å². The van der Waals surface area contributed by atoms with E-state index in [-0.39, 0.29) is 5.75 Å². The molecule has 13 heavy (non-hydrogen) atoms. The highest BCUT2D eigenvalue weighted by molar-refractivity contribution is 5.60. The Hall–Kier alpha value is -1.22. The van der Waals surface area contributed by atoms with Gasteiger partial charge in [-0.3, -0.25) is 0 Å². The molecule has 0 radical (unpaired) electrons. The van der Waals surface area contributed by atoms with Crippen molar-refractivity contribution in [2.24, 2.45) is 0 Å². The number of anilines is 1. The topological polar surface area (TPSA) is 55.5 Å². The molecule has 0 aliphatic carbocycles. The predicted octanol–water partition coefficient (Wildman–Crippen LogP) is 1.85. The molecule has 3 heteroatoms. The van der Waals surface area contributed by atoms with Gasteiger partial charge in [0.15, 0.2) is 0 Å². The third-order valence-corrected chi connectivity index (χ3v) is 1.64. The van der Waals surface area contributed by atoms with Gasteiger partial charge in [-0.25, -0.2) is 0 Å². The van der Waals surface area contributed by atoms with Gasteiger partial charge in [0.05, 0.1) is 5.69 Å². The molecule has 3 N–H and O–H groups in total. The largest absolute Gasteiger partial charge is 0.506 e. The number of rotatable bonds is 0. The number of benzene rings is 1. The predicted molar refractivity (Wildman–Crippen MR) is 54.9 cm³/mol. The Morgan fingerprint density at radius 1 is 1.15 bits per heavy atom. The summed E-state index contributed by atoms with van der Waals surface area (Å²) in [5, 5.41) is 9.26. The van der Waals surface area contributed by atoms with Gasteiger partial charge in [-0.15, -0.1) is 0 Å². The zero-order valence-electron chi connectivity index (χ0n) is 8.59. The van der Waals surface area contributed by atoms with Gasteiger partial charge in [-0.1, -0.05) is 12.1 Å². The minimum atomic E-state index is 0.208. The van der Waals surface area contributed by atoms with E-state index in [4.69, 9.17) is 5.73 Å². The van der Waals surface area contributed by atoms with Gasteiger partial charge >= 0.3 is 0 Å². The van der Waals surface area contributed by atoms with E-state index >= 15 is 0 Å². The highest BCUT2D eigenvalue weighted by atomic mass is 16.4. The fraction of sp³-hybridized carbons (Fsp3) is 0.400. The molecule has 1 aromatic rings. The van der Waals surface area contributed by atoms with E-state index < -0.39 is 0 Å². The highest BCUT2D eigenvalue weighted by Crippen LogP contribution is 2.26. The maximum atomic E-state index is 9.26. The maximum absolute atomic E-state index is 9.26. The van der Waals surface area contributed by atoms with Crippen LogP contribution in [-0.4, -0.2) is 19.3 Å². The van der Waals surface area contributed by atoms with Crippen molar-refractivity contribution < 1.29 is 9.84 Å². The number of nitrogen functional groups attached to an aromatic ring is 1.